The van der Waals surface area contributed by atoms with Crippen LogP contribution in [0, 0.1) is 0 Å². The van der Waals surface area contributed by atoms with Gasteiger partial charge < -0.3 is 14.8 Å². The van der Waals surface area contributed by atoms with Gasteiger partial charge in [0.2, 0.25) is 0 Å². The van der Waals surface area contributed by atoms with Crippen molar-refractivity contribution in [3.8, 4) is 11.5 Å². The summed E-state index contributed by atoms with van der Waals surface area (Å²) in [6, 6.07) is 1.79. The molecule has 0 fully saturated rings. The number of benzene rings is 1. The molecule has 0 aliphatic carbocycles. The Balaban J connectivity index is 2.36. The van der Waals surface area contributed by atoms with E-state index in [0.29, 0.717) is 16.8 Å². The molecule has 1 N–H and O–H groups in total. The number of halogens is 2. The van der Waals surface area contributed by atoms with Crippen molar-refractivity contribution in [2.45, 2.75) is 71.1 Å². The monoisotopic (exact) mass is 339 g/mol. The van der Waals surface area contributed by atoms with E-state index < -0.39 is 22.7 Å². The van der Waals surface area contributed by atoms with Crippen LogP contribution in [0.1, 0.15) is 59.6 Å². The molecule has 0 amide bonds. The number of anilines is 1. The molecule has 1 aromatic carbocycles. The third-order valence-electron chi connectivity index (χ3n) is 4.73. The normalized spacial score (nSPS) is 22.8. The summed E-state index contributed by atoms with van der Waals surface area (Å²) in [7, 11) is 0. The molecule has 2 heterocycles. The second-order valence-electron chi connectivity index (χ2n) is 8.63. The Morgan fingerprint density at radius 3 is 2.12 bits per heavy atom. The van der Waals surface area contributed by atoms with Gasteiger partial charge in [-0.1, -0.05) is 20.8 Å². The van der Waals surface area contributed by atoms with E-state index in [1.807, 2.05) is 34.6 Å². The van der Waals surface area contributed by atoms with Crippen molar-refractivity contribution in [1.29, 1.82) is 0 Å². The Morgan fingerprint density at radius 1 is 1.04 bits per heavy atom. The van der Waals surface area contributed by atoms with Gasteiger partial charge in [0.1, 0.15) is 0 Å². The van der Waals surface area contributed by atoms with Gasteiger partial charge in [0.15, 0.2) is 17.3 Å². The number of ketones is 1. The van der Waals surface area contributed by atoms with E-state index >= 15 is 0 Å². The van der Waals surface area contributed by atoms with E-state index in [0.717, 1.165) is 0 Å². The summed E-state index contributed by atoms with van der Waals surface area (Å²) in [5.41, 5.74) is -0.526. The Kier molecular flexibility index (Phi) is 3.12. The Hall–Kier alpha value is -1.85. The summed E-state index contributed by atoms with van der Waals surface area (Å²) in [6.07, 6.45) is -3.71. The first kappa shape index (κ1) is 17.0. The first-order valence-corrected chi connectivity index (χ1v) is 7.98. The van der Waals surface area contributed by atoms with Crippen molar-refractivity contribution >= 4 is 11.5 Å². The number of Topliss-reactive ketones (excluding diaryl/α,β-unsaturated/α-hetero) is 1. The average molecular weight is 339 g/mol. The number of fused-ring (bicyclic) bond motifs is 3. The van der Waals surface area contributed by atoms with Gasteiger partial charge in [-0.15, -0.1) is 8.78 Å². The van der Waals surface area contributed by atoms with Crippen molar-refractivity contribution < 1.29 is 23.0 Å². The van der Waals surface area contributed by atoms with Crippen LogP contribution in [0.2, 0.25) is 0 Å². The van der Waals surface area contributed by atoms with Crippen molar-refractivity contribution in [3.05, 3.63) is 17.2 Å². The fraction of sp³-hybridized carbons (Fsp3) is 0.611. The highest BCUT2D eigenvalue weighted by molar-refractivity contribution is 6.04. The van der Waals surface area contributed by atoms with Crippen molar-refractivity contribution in [2.24, 2.45) is 0 Å². The highest BCUT2D eigenvalue weighted by atomic mass is 19.3. The highest BCUT2D eigenvalue weighted by Crippen LogP contribution is 2.56. The number of carbonyl (C=O) groups is 1. The van der Waals surface area contributed by atoms with Crippen LogP contribution in [0.3, 0.4) is 0 Å². The van der Waals surface area contributed by atoms with Gasteiger partial charge in [0.05, 0.1) is 16.6 Å². The number of ether oxygens (including phenoxy) is 2. The predicted molar refractivity (Wildman–Crippen MR) is 87.1 cm³/mol. The first-order valence-electron chi connectivity index (χ1n) is 7.98. The number of hydrogen-bond donors (Lipinski definition) is 1. The molecule has 0 saturated heterocycles. The van der Waals surface area contributed by atoms with E-state index in [4.69, 9.17) is 9.47 Å². The second kappa shape index (κ2) is 4.41. The molecule has 132 valence electrons. The summed E-state index contributed by atoms with van der Waals surface area (Å²) in [4.78, 5) is 12.8. The van der Waals surface area contributed by atoms with Gasteiger partial charge in [-0.2, -0.15) is 0 Å². The van der Waals surface area contributed by atoms with Crippen LogP contribution in [0.25, 0.3) is 0 Å². The molecular formula is C18H23F2NO3. The molecular weight excluding hydrogens is 316 g/mol. The maximum atomic E-state index is 13.8. The lowest BCUT2D eigenvalue weighted by atomic mass is 9.68. The van der Waals surface area contributed by atoms with Gasteiger partial charge in [-0.25, -0.2) is 0 Å². The minimum atomic E-state index is -3.71. The molecule has 0 radical (unpaired) electrons. The lowest BCUT2D eigenvalue weighted by molar-refractivity contribution is -0.286. The van der Waals surface area contributed by atoms with E-state index in [-0.39, 0.29) is 17.3 Å². The summed E-state index contributed by atoms with van der Waals surface area (Å²) in [5, 5.41) is 3.07. The molecule has 1 aromatic rings. The van der Waals surface area contributed by atoms with Crippen molar-refractivity contribution in [3.63, 3.8) is 0 Å². The van der Waals surface area contributed by atoms with Crippen LogP contribution in [0.15, 0.2) is 6.07 Å². The number of hydrogen-bond acceptors (Lipinski definition) is 4. The van der Waals surface area contributed by atoms with Crippen LogP contribution in [0.4, 0.5) is 14.5 Å². The quantitative estimate of drug-likeness (QED) is 0.763. The van der Waals surface area contributed by atoms with Crippen LogP contribution in [0.5, 0.6) is 11.5 Å². The van der Waals surface area contributed by atoms with Crippen LogP contribution < -0.4 is 14.8 Å². The summed E-state index contributed by atoms with van der Waals surface area (Å²) >= 11 is 0. The van der Waals surface area contributed by atoms with Crippen molar-refractivity contribution in [1.82, 2.24) is 0 Å². The maximum absolute atomic E-state index is 13.8. The molecule has 6 heteroatoms. The average Bonchev–Trinajstić information content (AvgIpc) is 2.70. The second-order valence-corrected chi connectivity index (χ2v) is 8.63. The molecule has 0 unspecified atom stereocenters. The third kappa shape index (κ3) is 2.26. The first-order chi connectivity index (χ1) is 10.7. The topological polar surface area (TPSA) is 47.6 Å². The summed E-state index contributed by atoms with van der Waals surface area (Å²) in [5.74, 6) is 0.0174. The van der Waals surface area contributed by atoms with Crippen LogP contribution in [-0.4, -0.2) is 17.6 Å². The Bertz CT molecular complexity index is 746. The number of nitrogens with one attached hydrogen (secondary N) is 1. The molecule has 3 rings (SSSR count). The molecule has 0 spiro atoms. The molecule has 0 saturated carbocycles. The maximum Gasteiger partial charge on any atom is 0.586 e. The minimum absolute atomic E-state index is 0.00650. The lowest BCUT2D eigenvalue weighted by Crippen LogP contribution is -2.53. The zero-order valence-electron chi connectivity index (χ0n) is 15.1. The molecule has 0 bridgehead atoms. The van der Waals surface area contributed by atoms with Gasteiger partial charge in [0, 0.05) is 5.56 Å². The SMILES string of the molecule is CC1(C)Nc2c(cc(C(C)(C)C)c3c2OC(F)(F)O3)C(C)(C)C1=O. The van der Waals surface area contributed by atoms with Crippen LogP contribution in [-0.2, 0) is 15.6 Å². The fourth-order valence-electron chi connectivity index (χ4n) is 3.54. The molecule has 4 nitrogen and oxygen atoms in total. The molecule has 0 atom stereocenters. The fourth-order valence-corrected chi connectivity index (χ4v) is 3.54. The van der Waals surface area contributed by atoms with E-state index in [1.165, 1.54) is 0 Å². The number of alkyl halides is 2. The standard InChI is InChI=1S/C18H23F2NO3/c1-15(2,3)10-8-9-11(13-12(10)23-18(19,20)24-13)21-17(6,7)14(22)16(9,4)5/h8,21H,1-7H3. The molecule has 0 aromatic heterocycles. The summed E-state index contributed by atoms with van der Waals surface area (Å²) < 4.78 is 37.2. The zero-order valence-corrected chi connectivity index (χ0v) is 15.1. The van der Waals surface area contributed by atoms with Gasteiger partial charge in [-0.05, 0) is 44.7 Å². The third-order valence-corrected chi connectivity index (χ3v) is 4.73. The highest BCUT2D eigenvalue weighted by Gasteiger charge is 2.53. The smallest absolute Gasteiger partial charge is 0.395 e. The van der Waals surface area contributed by atoms with Gasteiger partial charge in [-0.3, -0.25) is 4.79 Å². The Labute approximate surface area is 140 Å². The largest absolute Gasteiger partial charge is 0.586 e. The van der Waals surface area contributed by atoms with Gasteiger partial charge >= 0.3 is 6.29 Å². The van der Waals surface area contributed by atoms with E-state index in [2.05, 4.69) is 5.32 Å². The van der Waals surface area contributed by atoms with Crippen molar-refractivity contribution in [2.75, 3.05) is 5.32 Å². The molecule has 24 heavy (non-hydrogen) atoms. The summed E-state index contributed by atoms with van der Waals surface area (Å²) in [6.45, 7) is 12.8. The molecule has 2 aliphatic rings. The van der Waals surface area contributed by atoms with E-state index in [1.54, 1.807) is 19.9 Å². The lowest BCUT2D eigenvalue weighted by Gasteiger charge is -2.42. The van der Waals surface area contributed by atoms with Gasteiger partial charge in [0.25, 0.3) is 0 Å². The number of rotatable bonds is 0. The van der Waals surface area contributed by atoms with E-state index in [9.17, 15) is 13.6 Å². The minimum Gasteiger partial charge on any atom is -0.395 e. The zero-order chi connectivity index (χ0) is 18.3. The number of carbonyl (C=O) groups excluding carboxylic acids is 1. The predicted octanol–water partition coefficient (Wildman–Crippen LogP) is 4.36. The molecule has 2 aliphatic heterocycles. The van der Waals surface area contributed by atoms with Crippen LogP contribution >= 0.6 is 0 Å². The Morgan fingerprint density at radius 2 is 1.58 bits per heavy atom.